The number of hydrogen-bond acceptors (Lipinski definition) is 3. The number of amides is 2. The minimum atomic E-state index is -1.11. The quantitative estimate of drug-likeness (QED) is 0.737. The van der Waals surface area contributed by atoms with E-state index in [1.165, 1.54) is 0 Å². The van der Waals surface area contributed by atoms with Crippen LogP contribution in [0.3, 0.4) is 0 Å². The van der Waals surface area contributed by atoms with Gasteiger partial charge in [-0.1, -0.05) is 27.7 Å². The highest BCUT2D eigenvalue weighted by Gasteiger charge is 2.73. The molecule has 1 heterocycles. The van der Waals surface area contributed by atoms with Crippen LogP contribution in [0, 0.1) is 23.2 Å². The molecule has 0 aromatic rings. The number of imide groups is 1. The molecule has 2 rings (SSSR count). The van der Waals surface area contributed by atoms with Crippen molar-refractivity contribution in [3.63, 3.8) is 0 Å². The van der Waals surface area contributed by atoms with Gasteiger partial charge in [-0.2, -0.15) is 0 Å². The molecule has 1 aliphatic carbocycles. The largest absolute Gasteiger partial charge is 0.480 e. The van der Waals surface area contributed by atoms with Gasteiger partial charge in [0, 0.05) is 0 Å². The Morgan fingerprint density at radius 3 is 1.94 bits per heavy atom. The summed E-state index contributed by atoms with van der Waals surface area (Å²) in [5, 5.41) is 9.12. The third-order valence-electron chi connectivity index (χ3n) is 4.00. The highest BCUT2D eigenvalue weighted by atomic mass is 16.4. The van der Waals surface area contributed by atoms with Gasteiger partial charge in [-0.05, 0) is 11.3 Å². The maximum absolute atomic E-state index is 12.1. The standard InChI is InChI=1S/C12H17NO4/c1-5(2)8(11(16)17)13-9(14)6-7(10(13)15)12(6,3)4/h5-8H,1-4H3,(H,16,17). The normalized spacial score (nSPS) is 31.7. The molecular weight excluding hydrogens is 222 g/mol. The number of carboxylic acid groups (broad SMARTS) is 1. The summed E-state index contributed by atoms with van der Waals surface area (Å²) in [4.78, 5) is 36.3. The monoisotopic (exact) mass is 239 g/mol. The van der Waals surface area contributed by atoms with Gasteiger partial charge in [0.15, 0.2) is 0 Å². The molecule has 0 aromatic heterocycles. The Morgan fingerprint density at radius 2 is 1.65 bits per heavy atom. The van der Waals surface area contributed by atoms with Crippen LogP contribution in [0.15, 0.2) is 0 Å². The number of likely N-dealkylation sites (tertiary alicyclic amines) is 1. The summed E-state index contributed by atoms with van der Waals surface area (Å²) < 4.78 is 0. The van der Waals surface area contributed by atoms with Crippen LogP contribution in [0.2, 0.25) is 0 Å². The first-order chi connectivity index (χ1) is 7.71. The molecule has 94 valence electrons. The van der Waals surface area contributed by atoms with Crippen LogP contribution in [-0.4, -0.2) is 33.8 Å². The zero-order valence-corrected chi connectivity index (χ0v) is 10.4. The predicted octanol–water partition coefficient (Wildman–Crippen LogP) is 0.737. The second-order valence-electron chi connectivity index (χ2n) is 5.85. The van der Waals surface area contributed by atoms with Crippen molar-refractivity contribution in [1.29, 1.82) is 0 Å². The van der Waals surface area contributed by atoms with Crippen LogP contribution in [0.4, 0.5) is 0 Å². The van der Waals surface area contributed by atoms with Crippen molar-refractivity contribution in [2.75, 3.05) is 0 Å². The van der Waals surface area contributed by atoms with Crippen molar-refractivity contribution in [2.24, 2.45) is 23.2 Å². The van der Waals surface area contributed by atoms with Crippen molar-refractivity contribution in [3.05, 3.63) is 0 Å². The van der Waals surface area contributed by atoms with Gasteiger partial charge in [0.1, 0.15) is 6.04 Å². The molecule has 1 saturated carbocycles. The molecule has 2 amide bonds. The van der Waals surface area contributed by atoms with Gasteiger partial charge in [-0.25, -0.2) is 4.79 Å². The van der Waals surface area contributed by atoms with Gasteiger partial charge in [0.25, 0.3) is 0 Å². The second-order valence-corrected chi connectivity index (χ2v) is 5.85. The van der Waals surface area contributed by atoms with Crippen molar-refractivity contribution in [3.8, 4) is 0 Å². The van der Waals surface area contributed by atoms with Gasteiger partial charge >= 0.3 is 5.97 Å². The van der Waals surface area contributed by atoms with Crippen LogP contribution < -0.4 is 0 Å². The van der Waals surface area contributed by atoms with E-state index >= 15 is 0 Å². The average molecular weight is 239 g/mol. The Kier molecular flexibility index (Phi) is 2.35. The molecule has 0 spiro atoms. The SMILES string of the molecule is CC(C)C(C(=O)O)N1C(=O)C2C(C1=O)C2(C)C. The molecule has 1 N–H and O–H groups in total. The molecular formula is C12H17NO4. The van der Waals surface area contributed by atoms with Gasteiger partial charge in [-0.3, -0.25) is 14.5 Å². The van der Waals surface area contributed by atoms with Gasteiger partial charge in [0.2, 0.25) is 11.8 Å². The minimum Gasteiger partial charge on any atom is -0.480 e. The zero-order chi connectivity index (χ0) is 13.1. The second kappa shape index (κ2) is 3.31. The van der Waals surface area contributed by atoms with E-state index in [1.54, 1.807) is 13.8 Å². The Labute approximate surface area is 99.8 Å². The van der Waals surface area contributed by atoms with Crippen LogP contribution in [0.1, 0.15) is 27.7 Å². The topological polar surface area (TPSA) is 74.7 Å². The Balaban J connectivity index is 2.29. The van der Waals surface area contributed by atoms with E-state index in [0.717, 1.165) is 4.90 Å². The maximum Gasteiger partial charge on any atom is 0.327 e. The van der Waals surface area contributed by atoms with E-state index in [-0.39, 0.29) is 35.0 Å². The number of carboxylic acids is 1. The lowest BCUT2D eigenvalue weighted by Crippen LogP contribution is -2.50. The molecule has 0 radical (unpaired) electrons. The number of hydrogen-bond donors (Lipinski definition) is 1. The molecule has 3 unspecified atom stereocenters. The summed E-state index contributed by atoms with van der Waals surface area (Å²) in [6.45, 7) is 7.16. The maximum atomic E-state index is 12.1. The molecule has 5 heteroatoms. The fraction of sp³-hybridized carbons (Fsp3) is 0.750. The van der Waals surface area contributed by atoms with Gasteiger partial charge in [-0.15, -0.1) is 0 Å². The van der Waals surface area contributed by atoms with Crippen LogP contribution >= 0.6 is 0 Å². The molecule has 3 atom stereocenters. The lowest BCUT2D eigenvalue weighted by molar-refractivity contribution is -0.158. The number of carbonyl (C=O) groups is 3. The number of carbonyl (C=O) groups excluding carboxylic acids is 2. The van der Waals surface area contributed by atoms with Crippen molar-refractivity contribution in [1.82, 2.24) is 4.90 Å². The van der Waals surface area contributed by atoms with E-state index in [4.69, 9.17) is 5.11 Å². The summed E-state index contributed by atoms with van der Waals surface area (Å²) in [6, 6.07) is -1.03. The number of aliphatic carboxylic acids is 1. The number of rotatable bonds is 3. The van der Waals surface area contributed by atoms with Crippen LogP contribution in [-0.2, 0) is 14.4 Å². The summed E-state index contributed by atoms with van der Waals surface area (Å²) in [5.74, 6) is -2.63. The highest BCUT2D eigenvalue weighted by molar-refractivity contribution is 6.12. The van der Waals surface area contributed by atoms with E-state index in [2.05, 4.69) is 0 Å². The summed E-state index contributed by atoms with van der Waals surface area (Å²) >= 11 is 0. The first-order valence-electron chi connectivity index (χ1n) is 5.81. The van der Waals surface area contributed by atoms with E-state index < -0.39 is 12.0 Å². The average Bonchev–Trinajstić information content (AvgIpc) is 2.63. The minimum absolute atomic E-state index is 0.277. The smallest absolute Gasteiger partial charge is 0.327 e. The van der Waals surface area contributed by atoms with Crippen molar-refractivity contribution >= 4 is 17.8 Å². The third kappa shape index (κ3) is 1.41. The first-order valence-corrected chi connectivity index (χ1v) is 5.81. The molecule has 0 bridgehead atoms. The predicted molar refractivity (Wildman–Crippen MR) is 58.9 cm³/mol. The molecule has 5 nitrogen and oxygen atoms in total. The lowest BCUT2D eigenvalue weighted by Gasteiger charge is -2.29. The molecule has 1 aliphatic heterocycles. The summed E-state index contributed by atoms with van der Waals surface area (Å²) in [7, 11) is 0. The fourth-order valence-corrected chi connectivity index (χ4v) is 2.94. The third-order valence-corrected chi connectivity index (χ3v) is 4.00. The summed E-state index contributed by atoms with van der Waals surface area (Å²) in [5.41, 5.74) is -0.287. The molecule has 0 aromatic carbocycles. The highest BCUT2D eigenvalue weighted by Crippen LogP contribution is 2.63. The lowest BCUT2D eigenvalue weighted by atomic mass is 9.99. The van der Waals surface area contributed by atoms with Crippen molar-refractivity contribution < 1.29 is 19.5 Å². The fourth-order valence-electron chi connectivity index (χ4n) is 2.94. The van der Waals surface area contributed by atoms with E-state index in [1.807, 2.05) is 13.8 Å². The van der Waals surface area contributed by atoms with Gasteiger partial charge < -0.3 is 5.11 Å². The number of nitrogens with zero attached hydrogens (tertiary/aromatic N) is 1. The molecule has 17 heavy (non-hydrogen) atoms. The number of fused-ring (bicyclic) bond motifs is 1. The van der Waals surface area contributed by atoms with Crippen molar-refractivity contribution in [2.45, 2.75) is 33.7 Å². The Hall–Kier alpha value is -1.39. The molecule has 2 fully saturated rings. The van der Waals surface area contributed by atoms with Crippen LogP contribution in [0.25, 0.3) is 0 Å². The zero-order valence-electron chi connectivity index (χ0n) is 10.4. The van der Waals surface area contributed by atoms with Crippen LogP contribution in [0.5, 0.6) is 0 Å². The first kappa shape index (κ1) is 12.1. The van der Waals surface area contributed by atoms with E-state index in [9.17, 15) is 14.4 Å². The Bertz CT molecular complexity index is 389. The molecule has 1 saturated heterocycles. The van der Waals surface area contributed by atoms with Gasteiger partial charge in [0.05, 0.1) is 11.8 Å². The molecule has 2 aliphatic rings. The Morgan fingerprint density at radius 1 is 1.24 bits per heavy atom. The summed E-state index contributed by atoms with van der Waals surface area (Å²) in [6.07, 6.45) is 0. The number of piperidine rings is 1. The van der Waals surface area contributed by atoms with E-state index in [0.29, 0.717) is 0 Å².